The van der Waals surface area contributed by atoms with Gasteiger partial charge >= 0.3 is 5.97 Å². The first-order valence-electron chi connectivity index (χ1n) is 3.75. The smallest absolute Gasteiger partial charge is 0.308 e. The fourth-order valence-corrected chi connectivity index (χ4v) is 0.702. The average molecular weight is 190 g/mol. The summed E-state index contributed by atoms with van der Waals surface area (Å²) in [5.74, 6) is -0.309. The first-order valence-corrected chi connectivity index (χ1v) is 4.28. The van der Waals surface area contributed by atoms with Crippen LogP contribution in [0.1, 0.15) is 20.3 Å². The monoisotopic (exact) mass is 189 g/mol. The minimum atomic E-state index is -0.466. The molecule has 0 saturated carbocycles. The molecule has 68 valence electrons. The first kappa shape index (κ1) is 11.2. The molecule has 1 unspecified atom stereocenters. The van der Waals surface area contributed by atoms with Gasteiger partial charge in [0.1, 0.15) is 6.10 Å². The van der Waals surface area contributed by atoms with Crippen LogP contribution in [0.2, 0.25) is 0 Å². The van der Waals surface area contributed by atoms with Gasteiger partial charge in [-0.15, -0.1) is 11.6 Å². The Balaban J connectivity index is 3.87. The van der Waals surface area contributed by atoms with Gasteiger partial charge in [0.15, 0.2) is 0 Å². The number of ether oxygens (including phenoxy) is 1. The molecule has 0 bridgehead atoms. The van der Waals surface area contributed by atoms with E-state index in [1.165, 1.54) is 0 Å². The number of carbonyl (C=O) groups is 1. The van der Waals surface area contributed by atoms with Crippen LogP contribution in [-0.4, -0.2) is 18.0 Å². The summed E-state index contributed by atoms with van der Waals surface area (Å²) in [6.07, 6.45) is -0.311. The van der Waals surface area contributed by atoms with Gasteiger partial charge in [-0.25, -0.2) is 0 Å². The molecule has 0 saturated heterocycles. The highest BCUT2D eigenvalue weighted by atomic mass is 35.5. The second-order valence-electron chi connectivity index (χ2n) is 2.73. The molecular weight excluding hydrogens is 178 g/mol. The van der Waals surface area contributed by atoms with Crippen molar-refractivity contribution in [3.05, 3.63) is 0 Å². The predicted octanol–water partition coefficient (Wildman–Crippen LogP) is 1.71. The number of halogens is 1. The molecule has 0 aromatic carbocycles. The van der Waals surface area contributed by atoms with Crippen LogP contribution in [0.3, 0.4) is 0 Å². The summed E-state index contributed by atoms with van der Waals surface area (Å²) in [4.78, 5) is 11.0. The molecule has 1 atom stereocenters. The van der Waals surface area contributed by atoms with E-state index >= 15 is 0 Å². The van der Waals surface area contributed by atoms with Gasteiger partial charge in [-0.2, -0.15) is 5.26 Å². The minimum absolute atomic E-state index is 0.155. The highest BCUT2D eigenvalue weighted by Gasteiger charge is 2.15. The van der Waals surface area contributed by atoms with Crippen molar-refractivity contribution >= 4 is 17.6 Å². The molecule has 0 spiro atoms. The zero-order chi connectivity index (χ0) is 9.56. The van der Waals surface area contributed by atoms with E-state index in [0.29, 0.717) is 0 Å². The molecule has 0 aromatic heterocycles. The second kappa shape index (κ2) is 5.84. The standard InChI is InChI=1S/C8H12ClNO2/c1-6(2)8(11)12-7(5-9)3-4-10/h6-7H,3,5H2,1-2H3. The topological polar surface area (TPSA) is 50.1 Å². The van der Waals surface area contributed by atoms with Crippen molar-refractivity contribution in [3.8, 4) is 6.07 Å². The molecule has 0 aliphatic heterocycles. The third kappa shape index (κ3) is 4.20. The summed E-state index contributed by atoms with van der Waals surface area (Å²) in [6.45, 7) is 3.47. The molecule has 0 aromatic rings. The lowest BCUT2D eigenvalue weighted by atomic mass is 10.2. The summed E-state index contributed by atoms with van der Waals surface area (Å²) >= 11 is 5.47. The third-order valence-corrected chi connectivity index (χ3v) is 1.59. The largest absolute Gasteiger partial charge is 0.460 e. The van der Waals surface area contributed by atoms with E-state index in [2.05, 4.69) is 0 Å². The molecular formula is C8H12ClNO2. The number of hydrogen-bond donors (Lipinski definition) is 0. The Kier molecular flexibility index (Phi) is 5.48. The lowest BCUT2D eigenvalue weighted by Crippen LogP contribution is -2.22. The Morgan fingerprint density at radius 1 is 1.67 bits per heavy atom. The third-order valence-electron chi connectivity index (χ3n) is 1.25. The zero-order valence-electron chi connectivity index (χ0n) is 7.21. The molecule has 0 rings (SSSR count). The van der Waals surface area contributed by atoms with Gasteiger partial charge in [0.2, 0.25) is 0 Å². The van der Waals surface area contributed by atoms with E-state index in [4.69, 9.17) is 21.6 Å². The Morgan fingerprint density at radius 3 is 2.58 bits per heavy atom. The maximum atomic E-state index is 11.0. The van der Waals surface area contributed by atoms with Crippen molar-refractivity contribution in [1.29, 1.82) is 5.26 Å². The van der Waals surface area contributed by atoms with Crippen LogP contribution >= 0.6 is 11.6 Å². The molecule has 4 heteroatoms. The minimum Gasteiger partial charge on any atom is -0.460 e. The van der Waals surface area contributed by atoms with E-state index in [1.54, 1.807) is 13.8 Å². The average Bonchev–Trinajstić information content (AvgIpc) is 2.03. The zero-order valence-corrected chi connectivity index (χ0v) is 7.97. The van der Waals surface area contributed by atoms with Crippen molar-refractivity contribution in [2.75, 3.05) is 5.88 Å². The molecule has 0 radical (unpaired) electrons. The van der Waals surface area contributed by atoms with Gasteiger partial charge in [-0.3, -0.25) is 4.79 Å². The number of rotatable bonds is 4. The molecule has 0 N–H and O–H groups in total. The normalized spacial score (nSPS) is 12.2. The number of nitrogens with zero attached hydrogens (tertiary/aromatic N) is 1. The summed E-state index contributed by atoms with van der Waals surface area (Å²) in [7, 11) is 0. The van der Waals surface area contributed by atoms with Crippen molar-refractivity contribution in [1.82, 2.24) is 0 Å². The number of alkyl halides is 1. The van der Waals surface area contributed by atoms with Gasteiger partial charge in [0.25, 0.3) is 0 Å². The van der Waals surface area contributed by atoms with Crippen molar-refractivity contribution in [2.45, 2.75) is 26.4 Å². The summed E-state index contributed by atoms with van der Waals surface area (Å²) < 4.78 is 4.91. The Bertz CT molecular complexity index is 186. The van der Waals surface area contributed by atoms with Crippen molar-refractivity contribution in [3.63, 3.8) is 0 Å². The molecule has 0 fully saturated rings. The molecule has 3 nitrogen and oxygen atoms in total. The lowest BCUT2D eigenvalue weighted by molar-refractivity contribution is -0.151. The fraction of sp³-hybridized carbons (Fsp3) is 0.750. The van der Waals surface area contributed by atoms with Crippen LogP contribution in [0.25, 0.3) is 0 Å². The van der Waals surface area contributed by atoms with Crippen molar-refractivity contribution in [2.24, 2.45) is 5.92 Å². The van der Waals surface area contributed by atoms with E-state index in [9.17, 15) is 4.79 Å². The van der Waals surface area contributed by atoms with Gasteiger partial charge in [0, 0.05) is 0 Å². The van der Waals surface area contributed by atoms with Crippen LogP contribution in [0, 0.1) is 17.2 Å². The number of nitriles is 1. The summed E-state index contributed by atoms with van der Waals surface area (Å²) in [6, 6.07) is 1.90. The molecule has 0 amide bonds. The van der Waals surface area contributed by atoms with Crippen LogP contribution in [0.15, 0.2) is 0 Å². The Morgan fingerprint density at radius 2 is 2.25 bits per heavy atom. The number of carbonyl (C=O) groups excluding carboxylic acids is 1. The second-order valence-corrected chi connectivity index (χ2v) is 3.04. The Hall–Kier alpha value is -0.750. The molecule has 0 heterocycles. The first-order chi connectivity index (χ1) is 5.61. The van der Waals surface area contributed by atoms with Crippen molar-refractivity contribution < 1.29 is 9.53 Å². The quantitative estimate of drug-likeness (QED) is 0.500. The van der Waals surface area contributed by atoms with Crippen LogP contribution in [-0.2, 0) is 9.53 Å². The Labute approximate surface area is 77.3 Å². The maximum absolute atomic E-state index is 11.0. The van der Waals surface area contributed by atoms with Crippen LogP contribution < -0.4 is 0 Å². The maximum Gasteiger partial charge on any atom is 0.308 e. The fourth-order valence-electron chi connectivity index (χ4n) is 0.530. The molecule has 12 heavy (non-hydrogen) atoms. The highest BCUT2D eigenvalue weighted by Crippen LogP contribution is 2.05. The number of hydrogen-bond acceptors (Lipinski definition) is 3. The van der Waals surface area contributed by atoms with E-state index in [-0.39, 0.29) is 24.2 Å². The van der Waals surface area contributed by atoms with Gasteiger partial charge < -0.3 is 4.74 Å². The van der Waals surface area contributed by atoms with Gasteiger partial charge in [-0.05, 0) is 0 Å². The number of esters is 1. The van der Waals surface area contributed by atoms with Gasteiger partial charge in [0.05, 0.1) is 24.3 Å². The van der Waals surface area contributed by atoms with E-state index in [0.717, 1.165) is 0 Å². The highest BCUT2D eigenvalue weighted by molar-refractivity contribution is 6.18. The molecule has 0 aliphatic carbocycles. The summed E-state index contributed by atoms with van der Waals surface area (Å²) in [5, 5.41) is 8.32. The van der Waals surface area contributed by atoms with Crippen LogP contribution in [0.5, 0.6) is 0 Å². The van der Waals surface area contributed by atoms with E-state index < -0.39 is 6.10 Å². The SMILES string of the molecule is CC(C)C(=O)OC(CCl)CC#N. The van der Waals surface area contributed by atoms with Crippen LogP contribution in [0.4, 0.5) is 0 Å². The van der Waals surface area contributed by atoms with E-state index in [1.807, 2.05) is 6.07 Å². The lowest BCUT2D eigenvalue weighted by Gasteiger charge is -2.13. The van der Waals surface area contributed by atoms with Gasteiger partial charge in [-0.1, -0.05) is 13.8 Å². The predicted molar refractivity (Wildman–Crippen MR) is 45.7 cm³/mol. The summed E-state index contributed by atoms with van der Waals surface area (Å²) in [5.41, 5.74) is 0. The molecule has 0 aliphatic rings.